The molecule has 1 atom stereocenters. The van der Waals surface area contributed by atoms with Crippen molar-refractivity contribution in [2.45, 2.75) is 22.0 Å². The lowest BCUT2D eigenvalue weighted by Crippen LogP contribution is -2.15. The molecule has 0 saturated heterocycles. The number of hydrogen-bond donors (Lipinski definition) is 0. The summed E-state index contributed by atoms with van der Waals surface area (Å²) in [6.07, 6.45) is 2.72. The van der Waals surface area contributed by atoms with Crippen LogP contribution < -0.4 is 0 Å². The SMILES string of the molecule is Cc1cccc2c1S(=O)(=O)CC2S(=O)(=O)c1cccnc1. The molecule has 2 aromatic rings. The fourth-order valence-corrected chi connectivity index (χ4v) is 7.20. The molecule has 0 spiro atoms. The zero-order valence-electron chi connectivity index (χ0n) is 11.2. The van der Waals surface area contributed by atoms with E-state index in [4.69, 9.17) is 0 Å². The molecule has 21 heavy (non-hydrogen) atoms. The van der Waals surface area contributed by atoms with Gasteiger partial charge in [-0.15, -0.1) is 0 Å². The van der Waals surface area contributed by atoms with Crippen LogP contribution in [0.4, 0.5) is 0 Å². The van der Waals surface area contributed by atoms with E-state index in [2.05, 4.69) is 4.98 Å². The highest BCUT2D eigenvalue weighted by Crippen LogP contribution is 2.42. The van der Waals surface area contributed by atoms with Crippen LogP contribution in [0.25, 0.3) is 0 Å². The Morgan fingerprint density at radius 3 is 2.62 bits per heavy atom. The van der Waals surface area contributed by atoms with E-state index < -0.39 is 30.7 Å². The Kier molecular flexibility index (Phi) is 3.14. The summed E-state index contributed by atoms with van der Waals surface area (Å²) in [7, 11) is -7.36. The molecule has 0 amide bonds. The van der Waals surface area contributed by atoms with E-state index in [1.807, 2.05) is 0 Å². The largest absolute Gasteiger partial charge is 0.263 e. The fraction of sp³-hybridized carbons (Fsp3) is 0.214. The highest BCUT2D eigenvalue weighted by molar-refractivity contribution is 7.96. The zero-order valence-corrected chi connectivity index (χ0v) is 12.9. The number of aromatic nitrogens is 1. The quantitative estimate of drug-likeness (QED) is 0.840. The molecule has 1 aliphatic rings. The van der Waals surface area contributed by atoms with Crippen LogP contribution in [0.1, 0.15) is 16.4 Å². The number of sulfone groups is 2. The maximum atomic E-state index is 12.7. The third kappa shape index (κ3) is 2.16. The second kappa shape index (κ2) is 4.64. The molecule has 0 bridgehead atoms. The molecule has 1 aromatic carbocycles. The molecule has 0 aliphatic carbocycles. The van der Waals surface area contributed by atoms with Gasteiger partial charge in [0.05, 0.1) is 15.5 Å². The smallest absolute Gasteiger partial charge is 0.187 e. The molecule has 0 radical (unpaired) electrons. The first-order valence-corrected chi connectivity index (χ1v) is 9.50. The Balaban J connectivity index is 2.23. The first kappa shape index (κ1) is 14.2. The van der Waals surface area contributed by atoms with Gasteiger partial charge in [-0.3, -0.25) is 4.98 Å². The Bertz CT molecular complexity index is 903. The Labute approximate surface area is 123 Å². The summed E-state index contributed by atoms with van der Waals surface area (Å²) in [6, 6.07) is 7.89. The van der Waals surface area contributed by atoms with Gasteiger partial charge in [-0.1, -0.05) is 18.2 Å². The van der Waals surface area contributed by atoms with Gasteiger partial charge >= 0.3 is 0 Å². The van der Waals surface area contributed by atoms with Gasteiger partial charge in [-0.05, 0) is 30.2 Å². The van der Waals surface area contributed by atoms with Crippen LogP contribution in [-0.2, 0) is 19.7 Å². The Hall–Kier alpha value is -1.73. The van der Waals surface area contributed by atoms with Crippen molar-refractivity contribution < 1.29 is 16.8 Å². The van der Waals surface area contributed by atoms with Gasteiger partial charge in [0.1, 0.15) is 5.25 Å². The second-order valence-corrected chi connectivity index (χ2v) is 9.10. The first-order valence-electron chi connectivity index (χ1n) is 6.30. The molecule has 0 saturated carbocycles. The average Bonchev–Trinajstić information content (AvgIpc) is 2.73. The number of hydrogen-bond acceptors (Lipinski definition) is 5. The van der Waals surface area contributed by atoms with Crippen LogP contribution in [0, 0.1) is 6.92 Å². The normalized spacial score (nSPS) is 20.1. The lowest BCUT2D eigenvalue weighted by Gasteiger charge is -2.11. The van der Waals surface area contributed by atoms with Crippen molar-refractivity contribution in [3.63, 3.8) is 0 Å². The molecule has 5 nitrogen and oxygen atoms in total. The number of fused-ring (bicyclic) bond motifs is 1. The average molecular weight is 323 g/mol. The predicted octanol–water partition coefficient (Wildman–Crippen LogP) is 1.69. The lowest BCUT2D eigenvalue weighted by molar-refractivity contribution is 0.582. The van der Waals surface area contributed by atoms with Gasteiger partial charge in [0.2, 0.25) is 0 Å². The van der Waals surface area contributed by atoms with Crippen molar-refractivity contribution in [3.8, 4) is 0 Å². The fourth-order valence-electron chi connectivity index (χ4n) is 2.66. The van der Waals surface area contributed by atoms with Gasteiger partial charge in [-0.2, -0.15) is 0 Å². The third-order valence-electron chi connectivity index (χ3n) is 3.61. The molecular weight excluding hydrogens is 310 g/mol. The monoisotopic (exact) mass is 323 g/mol. The summed E-state index contributed by atoms with van der Waals surface area (Å²) < 4.78 is 49.9. The van der Waals surface area contributed by atoms with E-state index >= 15 is 0 Å². The minimum absolute atomic E-state index is 0.0413. The first-order chi connectivity index (χ1) is 9.84. The number of aryl methyl sites for hydroxylation is 1. The summed E-state index contributed by atoms with van der Waals surface area (Å²) >= 11 is 0. The highest BCUT2D eigenvalue weighted by atomic mass is 32.2. The van der Waals surface area contributed by atoms with Crippen LogP contribution in [0.15, 0.2) is 52.5 Å². The van der Waals surface area contributed by atoms with Crippen molar-refractivity contribution in [3.05, 3.63) is 53.9 Å². The third-order valence-corrected chi connectivity index (χ3v) is 7.84. The van der Waals surface area contributed by atoms with E-state index in [0.717, 1.165) is 0 Å². The van der Waals surface area contributed by atoms with E-state index in [9.17, 15) is 16.8 Å². The van der Waals surface area contributed by atoms with Crippen molar-refractivity contribution in [2.75, 3.05) is 5.75 Å². The minimum Gasteiger partial charge on any atom is -0.263 e. The molecule has 3 rings (SSSR count). The number of pyridine rings is 1. The standard InChI is InChI=1S/C14H13NO4S2/c1-10-4-2-6-12-13(9-20(16,17)14(10)12)21(18,19)11-5-3-7-15-8-11/h2-8,13H,9H2,1H3. The van der Waals surface area contributed by atoms with Crippen molar-refractivity contribution in [1.82, 2.24) is 4.98 Å². The van der Waals surface area contributed by atoms with E-state index in [0.29, 0.717) is 11.1 Å². The van der Waals surface area contributed by atoms with Crippen molar-refractivity contribution >= 4 is 19.7 Å². The van der Waals surface area contributed by atoms with Crippen LogP contribution in [0.2, 0.25) is 0 Å². The van der Waals surface area contributed by atoms with Gasteiger partial charge in [0.25, 0.3) is 0 Å². The molecule has 7 heteroatoms. The molecule has 0 fully saturated rings. The number of nitrogens with zero attached hydrogens (tertiary/aromatic N) is 1. The van der Waals surface area contributed by atoms with E-state index in [1.165, 1.54) is 24.5 Å². The summed E-state index contributed by atoms with van der Waals surface area (Å²) in [5.41, 5.74) is 0.940. The van der Waals surface area contributed by atoms with Crippen LogP contribution in [0.5, 0.6) is 0 Å². The van der Waals surface area contributed by atoms with Crippen molar-refractivity contribution in [1.29, 1.82) is 0 Å². The zero-order chi connectivity index (χ0) is 15.3. The van der Waals surface area contributed by atoms with Gasteiger partial charge < -0.3 is 0 Å². The molecule has 110 valence electrons. The highest BCUT2D eigenvalue weighted by Gasteiger charge is 2.43. The maximum Gasteiger partial charge on any atom is 0.187 e. The Morgan fingerprint density at radius 1 is 1.19 bits per heavy atom. The molecule has 1 unspecified atom stereocenters. The van der Waals surface area contributed by atoms with E-state index in [-0.39, 0.29) is 9.79 Å². The van der Waals surface area contributed by atoms with E-state index in [1.54, 1.807) is 25.1 Å². The molecule has 1 aliphatic heterocycles. The molecular formula is C14H13NO4S2. The number of benzene rings is 1. The number of rotatable bonds is 2. The summed E-state index contributed by atoms with van der Waals surface area (Å²) in [5, 5.41) is -1.07. The van der Waals surface area contributed by atoms with Crippen molar-refractivity contribution in [2.24, 2.45) is 0 Å². The topological polar surface area (TPSA) is 81.2 Å². The second-order valence-electron chi connectivity index (χ2n) is 5.00. The van der Waals surface area contributed by atoms with Gasteiger partial charge in [0, 0.05) is 12.4 Å². The minimum atomic E-state index is -3.78. The predicted molar refractivity (Wildman–Crippen MR) is 77.4 cm³/mol. The van der Waals surface area contributed by atoms with Crippen LogP contribution in [0.3, 0.4) is 0 Å². The molecule has 2 heterocycles. The maximum absolute atomic E-state index is 12.7. The van der Waals surface area contributed by atoms with Gasteiger partial charge in [-0.25, -0.2) is 16.8 Å². The summed E-state index contributed by atoms with van der Waals surface area (Å²) in [5.74, 6) is -0.412. The molecule has 1 aromatic heterocycles. The lowest BCUT2D eigenvalue weighted by atomic mass is 10.1. The summed E-state index contributed by atoms with van der Waals surface area (Å²) in [6.45, 7) is 1.68. The summed E-state index contributed by atoms with van der Waals surface area (Å²) in [4.78, 5) is 4.00. The molecule has 0 N–H and O–H groups in total. The van der Waals surface area contributed by atoms with Crippen LogP contribution in [-0.4, -0.2) is 27.6 Å². The van der Waals surface area contributed by atoms with Gasteiger partial charge in [0.15, 0.2) is 19.7 Å². The van der Waals surface area contributed by atoms with Crippen LogP contribution >= 0.6 is 0 Å². The Morgan fingerprint density at radius 2 is 1.95 bits per heavy atom.